The van der Waals surface area contributed by atoms with Crippen molar-refractivity contribution in [3.63, 3.8) is 0 Å². The number of hydrogen-bond acceptors (Lipinski definition) is 8. The molecule has 0 saturated heterocycles. The number of benzene rings is 1. The number of tetrazole rings is 1. The molecule has 0 aliphatic carbocycles. The number of carbonyl (C=O) groups excluding carboxylic acids is 1. The van der Waals surface area contributed by atoms with Crippen LogP contribution in [0.15, 0.2) is 45.1 Å². The molecule has 2 N–H and O–H groups in total. The largest absolute Gasteiger partial charge is 0.384 e. The predicted octanol–water partition coefficient (Wildman–Crippen LogP) is 0.736. The Labute approximate surface area is 170 Å². The Balaban J connectivity index is 1.90. The van der Waals surface area contributed by atoms with Gasteiger partial charge < -0.3 is 5.73 Å². The summed E-state index contributed by atoms with van der Waals surface area (Å²) in [6.07, 6.45) is 0. The molecule has 3 rings (SSSR count). The van der Waals surface area contributed by atoms with Crippen molar-refractivity contribution in [2.24, 2.45) is 13.0 Å². The molecule has 0 saturated carbocycles. The Bertz CT molecular complexity index is 1150. The summed E-state index contributed by atoms with van der Waals surface area (Å²) >= 11 is 1.08. The highest BCUT2D eigenvalue weighted by atomic mass is 32.2. The van der Waals surface area contributed by atoms with E-state index in [0.717, 1.165) is 22.0 Å². The molecule has 3 aromatic rings. The molecule has 2 heterocycles. The Morgan fingerprint density at radius 2 is 1.90 bits per heavy atom. The van der Waals surface area contributed by atoms with E-state index in [2.05, 4.69) is 15.5 Å². The van der Waals surface area contributed by atoms with Crippen LogP contribution in [0.5, 0.6) is 0 Å². The Kier molecular flexibility index (Phi) is 5.97. The maximum atomic E-state index is 12.8. The Hall–Kier alpha value is -3.21. The van der Waals surface area contributed by atoms with Crippen molar-refractivity contribution in [2.75, 3.05) is 11.5 Å². The topological polar surface area (TPSA) is 131 Å². The van der Waals surface area contributed by atoms with E-state index in [1.165, 1.54) is 16.3 Å². The lowest BCUT2D eigenvalue weighted by atomic mass is 10.2. The molecule has 0 bridgehead atoms. The van der Waals surface area contributed by atoms with E-state index in [-0.39, 0.29) is 23.1 Å². The number of anilines is 1. The van der Waals surface area contributed by atoms with Gasteiger partial charge in [0.05, 0.1) is 11.4 Å². The van der Waals surface area contributed by atoms with E-state index >= 15 is 0 Å². The third-order valence-corrected chi connectivity index (χ3v) is 5.10. The van der Waals surface area contributed by atoms with Crippen molar-refractivity contribution in [1.29, 1.82) is 0 Å². The van der Waals surface area contributed by atoms with Gasteiger partial charge in [0, 0.05) is 13.6 Å². The second-order valence-electron chi connectivity index (χ2n) is 6.83. The number of aromatic nitrogens is 6. The van der Waals surface area contributed by atoms with Gasteiger partial charge in [0.1, 0.15) is 11.4 Å². The van der Waals surface area contributed by atoms with Crippen LogP contribution in [-0.4, -0.2) is 40.9 Å². The van der Waals surface area contributed by atoms with Crippen molar-refractivity contribution in [3.8, 4) is 5.69 Å². The molecule has 0 spiro atoms. The van der Waals surface area contributed by atoms with Crippen molar-refractivity contribution >= 4 is 23.4 Å². The summed E-state index contributed by atoms with van der Waals surface area (Å²) in [4.78, 5) is 37.7. The van der Waals surface area contributed by atoms with E-state index in [9.17, 15) is 14.4 Å². The smallest absolute Gasteiger partial charge is 0.332 e. The van der Waals surface area contributed by atoms with Crippen LogP contribution in [0, 0.1) is 5.92 Å². The summed E-state index contributed by atoms with van der Waals surface area (Å²) in [5.74, 6) is -0.597. The first kappa shape index (κ1) is 20.5. The number of nitrogen functional groups attached to an aromatic ring is 1. The zero-order chi connectivity index (χ0) is 21.1. The highest BCUT2D eigenvalue weighted by Crippen LogP contribution is 2.20. The van der Waals surface area contributed by atoms with E-state index in [1.54, 1.807) is 0 Å². The number of carbonyl (C=O) groups is 1. The fourth-order valence-corrected chi connectivity index (χ4v) is 3.55. The summed E-state index contributed by atoms with van der Waals surface area (Å²) in [6, 6.07) is 9.22. The molecule has 152 valence electrons. The quantitative estimate of drug-likeness (QED) is 0.441. The van der Waals surface area contributed by atoms with Crippen molar-refractivity contribution in [3.05, 3.63) is 56.7 Å². The third-order valence-electron chi connectivity index (χ3n) is 4.18. The Morgan fingerprint density at radius 3 is 2.55 bits per heavy atom. The monoisotopic (exact) mass is 415 g/mol. The third kappa shape index (κ3) is 4.14. The lowest BCUT2D eigenvalue weighted by Crippen LogP contribution is -2.43. The van der Waals surface area contributed by atoms with Crippen LogP contribution >= 0.6 is 11.8 Å². The number of nitrogens with two attached hydrogens (primary N) is 1. The van der Waals surface area contributed by atoms with Crippen LogP contribution in [0.1, 0.15) is 24.2 Å². The predicted molar refractivity (Wildman–Crippen MR) is 109 cm³/mol. The fraction of sp³-hybridized carbons (Fsp3) is 0.333. The van der Waals surface area contributed by atoms with Gasteiger partial charge in [-0.25, -0.2) is 4.79 Å². The highest BCUT2D eigenvalue weighted by Gasteiger charge is 2.23. The average Bonchev–Trinajstić information content (AvgIpc) is 3.17. The first-order valence-corrected chi connectivity index (χ1v) is 9.89. The highest BCUT2D eigenvalue weighted by molar-refractivity contribution is 7.99. The van der Waals surface area contributed by atoms with Gasteiger partial charge in [-0.3, -0.25) is 18.7 Å². The molecule has 1 aromatic carbocycles. The van der Waals surface area contributed by atoms with Crippen molar-refractivity contribution in [2.45, 2.75) is 25.5 Å². The van der Waals surface area contributed by atoms with Crippen LogP contribution in [0.3, 0.4) is 0 Å². The van der Waals surface area contributed by atoms with Crippen LogP contribution in [0.2, 0.25) is 0 Å². The fourth-order valence-electron chi connectivity index (χ4n) is 2.79. The number of Topliss-reactive ketones (excluding diaryl/α,β-unsaturated/α-hetero) is 1. The molecule has 10 nitrogen and oxygen atoms in total. The number of para-hydroxylation sites is 1. The van der Waals surface area contributed by atoms with Crippen LogP contribution in [0.4, 0.5) is 5.82 Å². The minimum Gasteiger partial charge on any atom is -0.384 e. The van der Waals surface area contributed by atoms with Crippen molar-refractivity contribution in [1.82, 2.24) is 29.3 Å². The molecule has 11 heteroatoms. The summed E-state index contributed by atoms with van der Waals surface area (Å²) < 4.78 is 3.67. The number of thioether (sulfide) groups is 1. The average molecular weight is 415 g/mol. The van der Waals surface area contributed by atoms with E-state index in [0.29, 0.717) is 11.7 Å². The summed E-state index contributed by atoms with van der Waals surface area (Å²) in [7, 11) is 1.33. The number of ketones is 1. The maximum Gasteiger partial charge on any atom is 0.332 e. The van der Waals surface area contributed by atoms with E-state index < -0.39 is 17.0 Å². The summed E-state index contributed by atoms with van der Waals surface area (Å²) in [6.45, 7) is 4.13. The van der Waals surface area contributed by atoms with Gasteiger partial charge in [0.25, 0.3) is 5.56 Å². The molecule has 0 aliphatic rings. The molecule has 29 heavy (non-hydrogen) atoms. The molecule has 2 aromatic heterocycles. The summed E-state index contributed by atoms with van der Waals surface area (Å²) in [5, 5.41) is 11.9. The van der Waals surface area contributed by atoms with Gasteiger partial charge in [-0.1, -0.05) is 43.8 Å². The summed E-state index contributed by atoms with van der Waals surface area (Å²) in [5.41, 5.74) is 5.34. The number of nitrogens with zero attached hydrogens (tertiary/aromatic N) is 6. The van der Waals surface area contributed by atoms with Crippen LogP contribution < -0.4 is 17.0 Å². The maximum absolute atomic E-state index is 12.8. The normalized spacial score (nSPS) is 11.2. The minimum atomic E-state index is -0.708. The zero-order valence-electron chi connectivity index (χ0n) is 16.3. The van der Waals surface area contributed by atoms with Gasteiger partial charge in [-0.05, 0) is 28.5 Å². The SMILES string of the molecule is CC(C)Cn1c(N)c(C(=O)CSc2nnnn2-c2ccccc2)c(=O)n(C)c1=O. The van der Waals surface area contributed by atoms with Crippen molar-refractivity contribution < 1.29 is 4.79 Å². The standard InChI is InChI=1S/C18H21N7O3S/c1-11(2)9-24-15(19)14(16(27)23(3)18(24)28)13(26)10-29-17-20-21-22-25(17)12-7-5-4-6-8-12/h4-8,11H,9-10,19H2,1-3H3. The molecule has 0 radical (unpaired) electrons. The molecule has 0 unspecified atom stereocenters. The van der Waals surface area contributed by atoms with Crippen LogP contribution in [0.25, 0.3) is 5.69 Å². The lowest BCUT2D eigenvalue weighted by molar-refractivity contribution is 0.102. The second kappa shape index (κ2) is 8.43. The van der Waals surface area contributed by atoms with Crippen LogP contribution in [-0.2, 0) is 13.6 Å². The van der Waals surface area contributed by atoms with Gasteiger partial charge in [0.15, 0.2) is 5.78 Å². The molecular weight excluding hydrogens is 394 g/mol. The first-order valence-electron chi connectivity index (χ1n) is 8.90. The van der Waals surface area contributed by atoms with Gasteiger partial charge >= 0.3 is 5.69 Å². The van der Waals surface area contributed by atoms with Gasteiger partial charge in [-0.2, -0.15) is 4.68 Å². The first-order chi connectivity index (χ1) is 13.8. The number of rotatable bonds is 7. The Morgan fingerprint density at radius 1 is 1.21 bits per heavy atom. The molecule has 0 aliphatic heterocycles. The molecule has 0 amide bonds. The van der Waals surface area contributed by atoms with Gasteiger partial charge in [-0.15, -0.1) is 5.10 Å². The van der Waals surface area contributed by atoms with Gasteiger partial charge in [0.2, 0.25) is 5.16 Å². The second-order valence-corrected chi connectivity index (χ2v) is 7.77. The molecule has 0 atom stereocenters. The van der Waals surface area contributed by atoms with E-state index in [1.807, 2.05) is 44.2 Å². The molecule has 0 fully saturated rings. The van der Waals surface area contributed by atoms with E-state index in [4.69, 9.17) is 5.73 Å². The minimum absolute atomic E-state index is 0.105. The molecular formula is C18H21N7O3S. The lowest BCUT2D eigenvalue weighted by Gasteiger charge is -2.16. The zero-order valence-corrected chi connectivity index (χ0v) is 17.1. The number of hydrogen-bond donors (Lipinski definition) is 1.